The van der Waals surface area contributed by atoms with E-state index in [0.29, 0.717) is 12.0 Å². The fourth-order valence-corrected chi connectivity index (χ4v) is 3.40. The van der Waals surface area contributed by atoms with E-state index >= 15 is 0 Å². The molecule has 1 aliphatic heterocycles. The topological polar surface area (TPSA) is 41.6 Å². The van der Waals surface area contributed by atoms with Crippen molar-refractivity contribution in [3.05, 3.63) is 34.9 Å². The monoisotopic (exact) mass is 346 g/mol. The number of ether oxygens (including phenoxy) is 1. The lowest BCUT2D eigenvalue weighted by molar-refractivity contribution is 0.0165. The van der Waals surface area contributed by atoms with E-state index in [-0.39, 0.29) is 6.09 Å². The van der Waals surface area contributed by atoms with Crippen LogP contribution in [0.25, 0.3) is 0 Å². The maximum absolute atomic E-state index is 12.3. The summed E-state index contributed by atoms with van der Waals surface area (Å²) in [5, 5.41) is 3.67. The summed E-state index contributed by atoms with van der Waals surface area (Å²) < 4.78 is 5.52. The minimum atomic E-state index is -0.431. The molecule has 1 aromatic carbocycles. The van der Waals surface area contributed by atoms with Gasteiger partial charge < -0.3 is 15.0 Å². The van der Waals surface area contributed by atoms with Gasteiger partial charge in [0.25, 0.3) is 0 Å². The number of carbonyl (C=O) groups is 1. The van der Waals surface area contributed by atoms with Crippen molar-refractivity contribution < 1.29 is 9.53 Å². The predicted octanol–water partition coefficient (Wildman–Crippen LogP) is 4.60. The number of amides is 1. The minimum absolute atomic E-state index is 0.181. The molecule has 0 radical (unpaired) electrons. The molecule has 0 saturated carbocycles. The average Bonchev–Trinajstić information content (AvgIpc) is 2.53. The number of carbonyl (C=O) groups excluding carboxylic acids is 1. The molecule has 0 bridgehead atoms. The van der Waals surface area contributed by atoms with E-state index in [1.807, 2.05) is 25.7 Å². The summed E-state index contributed by atoms with van der Waals surface area (Å²) in [5.74, 6) is 0.480. The minimum Gasteiger partial charge on any atom is -0.444 e. The van der Waals surface area contributed by atoms with Crippen LogP contribution in [0.1, 0.15) is 63.3 Å². The molecule has 0 aliphatic carbocycles. The van der Waals surface area contributed by atoms with E-state index in [2.05, 4.69) is 44.3 Å². The highest BCUT2D eigenvalue weighted by Crippen LogP contribution is 2.22. The van der Waals surface area contributed by atoms with Gasteiger partial charge in [-0.3, -0.25) is 0 Å². The van der Waals surface area contributed by atoms with Crippen molar-refractivity contribution in [1.29, 1.82) is 0 Å². The molecule has 4 nitrogen and oxygen atoms in total. The molecule has 2 rings (SSSR count). The van der Waals surface area contributed by atoms with E-state index in [9.17, 15) is 4.79 Å². The maximum atomic E-state index is 12.3. The number of benzene rings is 1. The maximum Gasteiger partial charge on any atom is 0.410 e. The van der Waals surface area contributed by atoms with Crippen LogP contribution in [0.15, 0.2) is 18.2 Å². The van der Waals surface area contributed by atoms with Gasteiger partial charge in [-0.2, -0.15) is 0 Å². The number of hydrogen-bond donors (Lipinski definition) is 1. The molecular formula is C21H34N2O2. The summed E-state index contributed by atoms with van der Waals surface area (Å²) in [4.78, 5) is 14.1. The highest BCUT2D eigenvalue weighted by molar-refractivity contribution is 5.68. The lowest BCUT2D eigenvalue weighted by Crippen LogP contribution is -2.45. The van der Waals surface area contributed by atoms with Gasteiger partial charge in [0.15, 0.2) is 0 Å². The molecule has 2 unspecified atom stereocenters. The molecule has 1 N–H and O–H groups in total. The molecule has 1 aromatic rings. The first-order valence-electron chi connectivity index (χ1n) is 9.44. The van der Waals surface area contributed by atoms with Crippen molar-refractivity contribution in [3.8, 4) is 0 Å². The fraction of sp³-hybridized carbons (Fsp3) is 0.667. The van der Waals surface area contributed by atoms with Crippen LogP contribution >= 0.6 is 0 Å². The number of piperidine rings is 1. The first kappa shape index (κ1) is 19.8. The van der Waals surface area contributed by atoms with Gasteiger partial charge in [-0.15, -0.1) is 0 Å². The number of likely N-dealkylation sites (tertiary alicyclic amines) is 1. The number of hydrogen-bond acceptors (Lipinski definition) is 3. The highest BCUT2D eigenvalue weighted by Gasteiger charge is 2.27. The Morgan fingerprint density at radius 2 is 2.08 bits per heavy atom. The van der Waals surface area contributed by atoms with E-state index in [1.165, 1.54) is 16.7 Å². The van der Waals surface area contributed by atoms with Gasteiger partial charge in [-0.25, -0.2) is 4.79 Å². The highest BCUT2D eigenvalue weighted by atomic mass is 16.6. The zero-order valence-corrected chi connectivity index (χ0v) is 16.7. The second kappa shape index (κ2) is 8.22. The SMILES string of the molecule is Cc1ccc(C)c(C(C)NCC2CCCN(C(=O)OC(C)(C)C)C2)c1. The third kappa shape index (κ3) is 6.03. The summed E-state index contributed by atoms with van der Waals surface area (Å²) in [6.07, 6.45) is 2.02. The van der Waals surface area contributed by atoms with E-state index < -0.39 is 5.60 Å². The molecule has 1 saturated heterocycles. The number of nitrogens with zero attached hydrogens (tertiary/aromatic N) is 1. The Balaban J connectivity index is 1.88. The van der Waals surface area contributed by atoms with Crippen molar-refractivity contribution in [1.82, 2.24) is 10.2 Å². The van der Waals surface area contributed by atoms with E-state index in [0.717, 1.165) is 32.5 Å². The van der Waals surface area contributed by atoms with E-state index in [1.54, 1.807) is 0 Å². The van der Waals surface area contributed by atoms with Crippen molar-refractivity contribution in [2.75, 3.05) is 19.6 Å². The zero-order valence-electron chi connectivity index (χ0n) is 16.7. The fourth-order valence-electron chi connectivity index (χ4n) is 3.40. The van der Waals surface area contributed by atoms with Gasteiger partial charge in [-0.1, -0.05) is 23.8 Å². The van der Waals surface area contributed by atoms with Crippen molar-refractivity contribution in [2.24, 2.45) is 5.92 Å². The van der Waals surface area contributed by atoms with Crippen LogP contribution in [0.2, 0.25) is 0 Å². The third-order valence-electron chi connectivity index (χ3n) is 4.78. The second-order valence-corrected chi connectivity index (χ2v) is 8.42. The summed E-state index contributed by atoms with van der Waals surface area (Å²) in [6.45, 7) is 14.8. The van der Waals surface area contributed by atoms with Gasteiger partial charge >= 0.3 is 6.09 Å². The smallest absolute Gasteiger partial charge is 0.410 e. The van der Waals surface area contributed by atoms with Crippen LogP contribution in [-0.4, -0.2) is 36.2 Å². The Hall–Kier alpha value is -1.55. The van der Waals surface area contributed by atoms with Gasteiger partial charge in [0, 0.05) is 25.7 Å². The summed E-state index contributed by atoms with van der Waals surface area (Å²) in [5.41, 5.74) is 3.55. The normalized spacial score (nSPS) is 19.6. The van der Waals surface area contributed by atoms with Crippen LogP contribution in [0.5, 0.6) is 0 Å². The molecule has 1 fully saturated rings. The van der Waals surface area contributed by atoms with Gasteiger partial charge in [0.2, 0.25) is 0 Å². The van der Waals surface area contributed by atoms with Crippen LogP contribution < -0.4 is 5.32 Å². The summed E-state index contributed by atoms with van der Waals surface area (Å²) in [7, 11) is 0. The standard InChI is InChI=1S/C21H34N2O2/c1-15-9-10-16(2)19(12-15)17(3)22-13-18-8-7-11-23(14-18)20(24)25-21(4,5)6/h9-10,12,17-18,22H,7-8,11,13-14H2,1-6H3. The third-order valence-corrected chi connectivity index (χ3v) is 4.78. The van der Waals surface area contributed by atoms with Gasteiger partial charge in [0.05, 0.1) is 0 Å². The first-order valence-corrected chi connectivity index (χ1v) is 9.44. The lowest BCUT2D eigenvalue weighted by atomic mass is 9.96. The van der Waals surface area contributed by atoms with Crippen LogP contribution in [0, 0.1) is 19.8 Å². The Kier molecular flexibility index (Phi) is 6.50. The molecule has 0 spiro atoms. The van der Waals surface area contributed by atoms with Crippen LogP contribution in [0.4, 0.5) is 4.79 Å². The van der Waals surface area contributed by atoms with E-state index in [4.69, 9.17) is 4.74 Å². The molecule has 1 heterocycles. The Bertz CT molecular complexity index is 592. The Morgan fingerprint density at radius 3 is 2.76 bits per heavy atom. The molecule has 25 heavy (non-hydrogen) atoms. The van der Waals surface area contributed by atoms with Crippen LogP contribution in [-0.2, 0) is 4.74 Å². The zero-order chi connectivity index (χ0) is 18.6. The van der Waals surface area contributed by atoms with Gasteiger partial charge in [-0.05, 0) is 71.4 Å². The van der Waals surface area contributed by atoms with Crippen molar-refractivity contribution in [2.45, 2.75) is 66.0 Å². The molecule has 0 aromatic heterocycles. The largest absolute Gasteiger partial charge is 0.444 e. The number of nitrogens with one attached hydrogen (secondary N) is 1. The van der Waals surface area contributed by atoms with Gasteiger partial charge in [0.1, 0.15) is 5.60 Å². The van der Waals surface area contributed by atoms with Crippen molar-refractivity contribution in [3.63, 3.8) is 0 Å². The first-order chi connectivity index (χ1) is 11.7. The lowest BCUT2D eigenvalue weighted by Gasteiger charge is -2.34. The summed E-state index contributed by atoms with van der Waals surface area (Å²) >= 11 is 0. The van der Waals surface area contributed by atoms with Crippen LogP contribution in [0.3, 0.4) is 0 Å². The molecule has 2 atom stereocenters. The Morgan fingerprint density at radius 1 is 1.36 bits per heavy atom. The average molecular weight is 347 g/mol. The predicted molar refractivity (Wildman–Crippen MR) is 103 cm³/mol. The molecule has 140 valence electrons. The molecular weight excluding hydrogens is 312 g/mol. The molecule has 1 aliphatic rings. The number of rotatable bonds is 4. The summed E-state index contributed by atoms with van der Waals surface area (Å²) in [6, 6.07) is 6.93. The quantitative estimate of drug-likeness (QED) is 0.866. The second-order valence-electron chi connectivity index (χ2n) is 8.42. The number of aryl methyl sites for hydroxylation is 2. The Labute approximate surface area is 152 Å². The molecule has 4 heteroatoms. The van der Waals surface area contributed by atoms with Crippen molar-refractivity contribution >= 4 is 6.09 Å². The molecule has 1 amide bonds.